The number of nitrogens with one attached hydrogen (secondary N) is 2. The lowest BCUT2D eigenvalue weighted by atomic mass is 10.2. The van der Waals surface area contributed by atoms with Gasteiger partial charge in [-0.05, 0) is 37.3 Å². The van der Waals surface area contributed by atoms with E-state index in [2.05, 4.69) is 31.5 Å². The van der Waals surface area contributed by atoms with E-state index in [4.69, 9.17) is 11.6 Å². The van der Waals surface area contributed by atoms with Gasteiger partial charge in [0.1, 0.15) is 0 Å². The highest BCUT2D eigenvalue weighted by molar-refractivity contribution is 9.10. The van der Waals surface area contributed by atoms with Crippen LogP contribution in [0.2, 0.25) is 5.02 Å². The van der Waals surface area contributed by atoms with Crippen molar-refractivity contribution in [3.63, 3.8) is 0 Å². The molecule has 1 heterocycles. The molecule has 0 aliphatic carbocycles. The van der Waals surface area contributed by atoms with Crippen LogP contribution in [-0.4, -0.2) is 11.0 Å². The molecule has 0 unspecified atom stereocenters. The van der Waals surface area contributed by atoms with Crippen LogP contribution in [0.1, 0.15) is 18.7 Å². The molecule has 4 nitrogen and oxygen atoms in total. The Morgan fingerprint density at radius 3 is 2.80 bits per heavy atom. The second-order valence-electron chi connectivity index (χ2n) is 4.20. The minimum absolute atomic E-state index is 0.189. The van der Waals surface area contributed by atoms with Gasteiger partial charge >= 0.3 is 6.03 Å². The van der Waals surface area contributed by atoms with Crippen molar-refractivity contribution >= 4 is 39.2 Å². The largest absolute Gasteiger partial charge is 0.330 e. The summed E-state index contributed by atoms with van der Waals surface area (Å²) in [6, 6.07) is 10.3. The molecular formula is C14H13BrClN3O. The molecule has 0 fully saturated rings. The number of hydrogen-bond acceptors (Lipinski definition) is 2. The number of pyridine rings is 1. The second kappa shape index (κ2) is 6.72. The average Bonchev–Trinajstić information content (AvgIpc) is 2.43. The summed E-state index contributed by atoms with van der Waals surface area (Å²) >= 11 is 9.35. The van der Waals surface area contributed by atoms with Gasteiger partial charge in [-0.3, -0.25) is 4.98 Å². The van der Waals surface area contributed by atoms with Gasteiger partial charge in [0.25, 0.3) is 0 Å². The van der Waals surface area contributed by atoms with Crippen molar-refractivity contribution in [3.8, 4) is 0 Å². The Bertz CT molecular complexity index is 607. The van der Waals surface area contributed by atoms with Crippen LogP contribution in [0.25, 0.3) is 0 Å². The summed E-state index contributed by atoms with van der Waals surface area (Å²) in [5.41, 5.74) is 1.35. The molecule has 6 heteroatoms. The van der Waals surface area contributed by atoms with E-state index in [-0.39, 0.29) is 12.1 Å². The van der Waals surface area contributed by atoms with Gasteiger partial charge in [0, 0.05) is 10.7 Å². The van der Waals surface area contributed by atoms with E-state index in [1.165, 1.54) is 0 Å². The molecule has 1 aromatic heterocycles. The first kappa shape index (κ1) is 14.8. The zero-order valence-electron chi connectivity index (χ0n) is 10.7. The fraction of sp³-hybridized carbons (Fsp3) is 0.143. The Hall–Kier alpha value is -1.59. The van der Waals surface area contributed by atoms with Crippen molar-refractivity contribution < 1.29 is 4.79 Å². The first-order valence-electron chi connectivity index (χ1n) is 6.00. The summed E-state index contributed by atoms with van der Waals surface area (Å²) in [6.45, 7) is 1.87. The molecule has 2 N–H and O–H groups in total. The lowest BCUT2D eigenvalue weighted by Gasteiger charge is -2.14. The number of anilines is 1. The summed E-state index contributed by atoms with van der Waals surface area (Å²) < 4.78 is 0.857. The highest BCUT2D eigenvalue weighted by Gasteiger charge is 2.11. The monoisotopic (exact) mass is 353 g/mol. The Morgan fingerprint density at radius 1 is 1.35 bits per heavy atom. The molecule has 2 aromatic rings. The topological polar surface area (TPSA) is 54.0 Å². The normalized spacial score (nSPS) is 11.8. The minimum Gasteiger partial charge on any atom is -0.330 e. The third-order valence-electron chi connectivity index (χ3n) is 2.66. The summed E-state index contributed by atoms with van der Waals surface area (Å²) in [7, 11) is 0. The van der Waals surface area contributed by atoms with E-state index in [9.17, 15) is 4.79 Å². The number of amides is 2. The van der Waals surface area contributed by atoms with E-state index >= 15 is 0 Å². The van der Waals surface area contributed by atoms with E-state index in [1.807, 2.05) is 31.2 Å². The van der Waals surface area contributed by atoms with Crippen LogP contribution in [0, 0.1) is 0 Å². The summed E-state index contributed by atoms with van der Waals surface area (Å²) in [4.78, 5) is 16.1. The SMILES string of the molecule is C[C@H](NC(=O)Nc1ccc(Br)cc1Cl)c1ccccn1. The van der Waals surface area contributed by atoms with Gasteiger partial charge in [-0.25, -0.2) is 4.79 Å². The van der Waals surface area contributed by atoms with Crippen LogP contribution in [0.3, 0.4) is 0 Å². The number of urea groups is 1. The van der Waals surface area contributed by atoms with Gasteiger partial charge in [0.05, 0.1) is 22.4 Å². The second-order valence-corrected chi connectivity index (χ2v) is 5.52. The minimum atomic E-state index is -0.327. The molecule has 0 aliphatic rings. The number of rotatable bonds is 3. The smallest absolute Gasteiger partial charge is 0.319 e. The van der Waals surface area contributed by atoms with Crippen molar-refractivity contribution in [2.75, 3.05) is 5.32 Å². The molecule has 0 aliphatic heterocycles. The zero-order chi connectivity index (χ0) is 14.5. The molecule has 0 bridgehead atoms. The summed E-state index contributed by atoms with van der Waals surface area (Å²) in [6.07, 6.45) is 1.69. The van der Waals surface area contributed by atoms with Crippen LogP contribution in [0.4, 0.5) is 10.5 Å². The summed E-state index contributed by atoms with van der Waals surface area (Å²) in [5.74, 6) is 0. The number of aromatic nitrogens is 1. The van der Waals surface area contributed by atoms with Crippen molar-refractivity contribution in [2.45, 2.75) is 13.0 Å². The van der Waals surface area contributed by atoms with Gasteiger partial charge in [-0.15, -0.1) is 0 Å². The van der Waals surface area contributed by atoms with Crippen molar-refractivity contribution in [2.24, 2.45) is 0 Å². The number of halogens is 2. The lowest BCUT2D eigenvalue weighted by Crippen LogP contribution is -2.31. The van der Waals surface area contributed by atoms with Gasteiger partial charge in [-0.1, -0.05) is 33.6 Å². The van der Waals surface area contributed by atoms with Crippen LogP contribution in [-0.2, 0) is 0 Å². The van der Waals surface area contributed by atoms with Crippen molar-refractivity contribution in [1.29, 1.82) is 0 Å². The third-order valence-corrected chi connectivity index (χ3v) is 3.46. The highest BCUT2D eigenvalue weighted by Crippen LogP contribution is 2.25. The molecule has 1 atom stereocenters. The van der Waals surface area contributed by atoms with E-state index in [0.29, 0.717) is 10.7 Å². The molecule has 0 saturated carbocycles. The van der Waals surface area contributed by atoms with Crippen LogP contribution >= 0.6 is 27.5 Å². The summed E-state index contributed by atoms with van der Waals surface area (Å²) in [5, 5.41) is 5.98. The fourth-order valence-corrected chi connectivity index (χ4v) is 2.37. The Labute approximate surface area is 130 Å². The van der Waals surface area contributed by atoms with Crippen LogP contribution in [0.15, 0.2) is 47.1 Å². The number of carbonyl (C=O) groups is 1. The van der Waals surface area contributed by atoms with Gasteiger partial charge in [0.2, 0.25) is 0 Å². The predicted octanol–water partition coefficient (Wildman–Crippen LogP) is 4.38. The average molecular weight is 355 g/mol. The van der Waals surface area contributed by atoms with Crippen molar-refractivity contribution in [3.05, 3.63) is 57.8 Å². The molecule has 2 amide bonds. The Balaban J connectivity index is 1.99. The third kappa shape index (κ3) is 3.95. The molecule has 104 valence electrons. The molecule has 20 heavy (non-hydrogen) atoms. The van der Waals surface area contributed by atoms with Crippen LogP contribution < -0.4 is 10.6 Å². The maximum absolute atomic E-state index is 11.9. The number of carbonyl (C=O) groups excluding carboxylic acids is 1. The van der Waals surface area contributed by atoms with Gasteiger partial charge in [0.15, 0.2) is 0 Å². The Kier molecular flexibility index (Phi) is 4.98. The van der Waals surface area contributed by atoms with Gasteiger partial charge in [-0.2, -0.15) is 0 Å². The van der Waals surface area contributed by atoms with Gasteiger partial charge < -0.3 is 10.6 Å². The molecular weight excluding hydrogens is 342 g/mol. The lowest BCUT2D eigenvalue weighted by molar-refractivity contribution is 0.249. The number of hydrogen-bond donors (Lipinski definition) is 2. The quantitative estimate of drug-likeness (QED) is 0.859. The molecule has 1 aromatic carbocycles. The predicted molar refractivity (Wildman–Crippen MR) is 84.0 cm³/mol. The zero-order valence-corrected chi connectivity index (χ0v) is 13.1. The first-order valence-corrected chi connectivity index (χ1v) is 7.17. The fourth-order valence-electron chi connectivity index (χ4n) is 1.65. The molecule has 0 radical (unpaired) electrons. The Morgan fingerprint density at radius 2 is 2.15 bits per heavy atom. The standard InChI is InChI=1S/C14H13BrClN3O/c1-9(12-4-2-3-7-17-12)18-14(20)19-13-6-5-10(15)8-11(13)16/h2-9H,1H3,(H2,18,19,20)/t9-/m0/s1. The maximum Gasteiger partial charge on any atom is 0.319 e. The molecule has 0 saturated heterocycles. The maximum atomic E-state index is 11.9. The highest BCUT2D eigenvalue weighted by atomic mass is 79.9. The van der Waals surface area contributed by atoms with Crippen molar-refractivity contribution in [1.82, 2.24) is 10.3 Å². The first-order chi connectivity index (χ1) is 9.56. The van der Waals surface area contributed by atoms with E-state index in [0.717, 1.165) is 10.2 Å². The van der Waals surface area contributed by atoms with E-state index < -0.39 is 0 Å². The number of benzene rings is 1. The number of nitrogens with zero attached hydrogens (tertiary/aromatic N) is 1. The molecule has 0 spiro atoms. The molecule has 2 rings (SSSR count). The van der Waals surface area contributed by atoms with E-state index in [1.54, 1.807) is 18.3 Å². The van der Waals surface area contributed by atoms with Crippen LogP contribution in [0.5, 0.6) is 0 Å².